The lowest BCUT2D eigenvalue weighted by Gasteiger charge is -2.18. The number of hydrogen-bond donors (Lipinski definition) is 3. The number of fused-ring (bicyclic) bond motifs is 2. The largest absolute Gasteiger partial charge is 0.507 e. The van der Waals surface area contributed by atoms with Crippen molar-refractivity contribution in [2.24, 2.45) is 0 Å². The third kappa shape index (κ3) is 2.94. The number of aliphatic hydroxyl groups excluding tert-OH is 1. The second-order valence-electron chi connectivity index (χ2n) is 6.40. The van der Waals surface area contributed by atoms with E-state index < -0.39 is 12.6 Å². The number of phenols is 1. The quantitative estimate of drug-likeness (QED) is 0.600. The molecule has 0 amide bonds. The molecule has 0 bridgehead atoms. The van der Waals surface area contributed by atoms with E-state index in [1.165, 1.54) is 26.4 Å². The van der Waals surface area contributed by atoms with Gasteiger partial charge in [0.2, 0.25) is 6.79 Å². The Kier molecular flexibility index (Phi) is 4.56. The summed E-state index contributed by atoms with van der Waals surface area (Å²) in [6.07, 6.45) is 0. The van der Waals surface area contributed by atoms with Crippen LogP contribution in [0.5, 0.6) is 28.7 Å². The van der Waals surface area contributed by atoms with Crippen LogP contribution in [0.2, 0.25) is 0 Å². The molecule has 1 aliphatic rings. The van der Waals surface area contributed by atoms with Crippen molar-refractivity contribution in [1.29, 1.82) is 0 Å². The molecule has 150 valence electrons. The highest BCUT2D eigenvalue weighted by Gasteiger charge is 2.26. The molecular weight excluding hydrogens is 380 g/mol. The molecule has 0 spiro atoms. The number of phenolic OH excluding ortho intramolecular Hbond substituents is 1. The molecule has 0 saturated carbocycles. The molecule has 0 aliphatic carbocycles. The summed E-state index contributed by atoms with van der Waals surface area (Å²) < 4.78 is 21.4. The lowest BCUT2D eigenvalue weighted by Crippen LogP contribution is -2.07. The van der Waals surface area contributed by atoms with Gasteiger partial charge in [0.15, 0.2) is 23.0 Å². The molecule has 8 nitrogen and oxygen atoms in total. The number of hydrogen-bond acceptors (Lipinski definition) is 7. The number of aliphatic hydroxyl groups is 1. The van der Waals surface area contributed by atoms with Gasteiger partial charge in [0.05, 0.1) is 26.4 Å². The van der Waals surface area contributed by atoms with Gasteiger partial charge in [0.25, 0.3) is 0 Å². The van der Waals surface area contributed by atoms with E-state index in [0.29, 0.717) is 33.8 Å². The monoisotopic (exact) mass is 398 g/mol. The standard InChI is InChI=1S/C21H18O8/c1-26-15-4-10-3-11(8-22)19(21(24)25)20(12(10)5-16(15)27-2)13-6-17-18(7-14(13)23)29-9-28-17/h3-7,22-23H,8-9H2,1-2H3,(H,24,25). The number of benzene rings is 3. The van der Waals surface area contributed by atoms with Crippen LogP contribution in [0.3, 0.4) is 0 Å². The van der Waals surface area contributed by atoms with Crippen molar-refractivity contribution in [3.05, 3.63) is 41.5 Å². The molecule has 0 saturated heterocycles. The van der Waals surface area contributed by atoms with Crippen molar-refractivity contribution in [3.63, 3.8) is 0 Å². The van der Waals surface area contributed by atoms with Crippen molar-refractivity contribution < 1.29 is 39.1 Å². The van der Waals surface area contributed by atoms with Gasteiger partial charge >= 0.3 is 5.97 Å². The maximum Gasteiger partial charge on any atom is 0.336 e. The third-order valence-corrected chi connectivity index (χ3v) is 4.87. The van der Waals surface area contributed by atoms with Crippen LogP contribution in [0.15, 0.2) is 30.3 Å². The van der Waals surface area contributed by atoms with Crippen molar-refractivity contribution in [2.75, 3.05) is 21.0 Å². The Balaban J connectivity index is 2.15. The van der Waals surface area contributed by atoms with Crippen LogP contribution in [-0.2, 0) is 6.61 Å². The van der Waals surface area contributed by atoms with Gasteiger partial charge in [-0.2, -0.15) is 0 Å². The van der Waals surface area contributed by atoms with Gasteiger partial charge in [-0.25, -0.2) is 4.79 Å². The van der Waals surface area contributed by atoms with Crippen LogP contribution in [0.1, 0.15) is 15.9 Å². The summed E-state index contributed by atoms with van der Waals surface area (Å²) in [6, 6.07) is 7.81. The summed E-state index contributed by atoms with van der Waals surface area (Å²) in [4.78, 5) is 12.1. The summed E-state index contributed by atoms with van der Waals surface area (Å²) in [5.41, 5.74) is 0.542. The van der Waals surface area contributed by atoms with E-state index >= 15 is 0 Å². The first-order valence-corrected chi connectivity index (χ1v) is 8.67. The second kappa shape index (κ2) is 7.06. The molecule has 3 aromatic carbocycles. The number of ether oxygens (including phenoxy) is 4. The molecule has 29 heavy (non-hydrogen) atoms. The lowest BCUT2D eigenvalue weighted by molar-refractivity contribution is 0.0694. The molecule has 0 unspecified atom stereocenters. The highest BCUT2D eigenvalue weighted by molar-refractivity contribution is 6.10. The Morgan fingerprint density at radius 2 is 1.69 bits per heavy atom. The third-order valence-electron chi connectivity index (χ3n) is 4.87. The van der Waals surface area contributed by atoms with Crippen LogP contribution in [0, 0.1) is 0 Å². The van der Waals surface area contributed by atoms with Crippen molar-refractivity contribution >= 4 is 16.7 Å². The first-order valence-electron chi connectivity index (χ1n) is 8.67. The average molecular weight is 398 g/mol. The molecular formula is C21H18O8. The van der Waals surface area contributed by atoms with E-state index in [0.717, 1.165) is 0 Å². The van der Waals surface area contributed by atoms with Gasteiger partial charge < -0.3 is 34.3 Å². The molecule has 0 aromatic heterocycles. The summed E-state index contributed by atoms with van der Waals surface area (Å²) in [5.74, 6) is 0.185. The van der Waals surface area contributed by atoms with Crippen molar-refractivity contribution in [3.8, 4) is 39.9 Å². The molecule has 0 atom stereocenters. The minimum atomic E-state index is -1.24. The Labute approximate surface area is 165 Å². The van der Waals surface area contributed by atoms with E-state index in [-0.39, 0.29) is 34.8 Å². The first kappa shape index (κ1) is 18.7. The zero-order valence-corrected chi connectivity index (χ0v) is 15.7. The maximum absolute atomic E-state index is 12.1. The van der Waals surface area contributed by atoms with E-state index in [1.807, 2.05) is 0 Å². The van der Waals surface area contributed by atoms with Crippen LogP contribution in [0.4, 0.5) is 0 Å². The number of aromatic hydroxyl groups is 1. The fraction of sp³-hybridized carbons (Fsp3) is 0.190. The van der Waals surface area contributed by atoms with Gasteiger partial charge in [-0.15, -0.1) is 0 Å². The Hall–Kier alpha value is -3.65. The number of carbonyl (C=O) groups is 1. The van der Waals surface area contributed by atoms with Gasteiger partial charge in [-0.1, -0.05) is 0 Å². The van der Waals surface area contributed by atoms with E-state index in [1.54, 1.807) is 18.2 Å². The van der Waals surface area contributed by atoms with Gasteiger partial charge in [0.1, 0.15) is 5.75 Å². The van der Waals surface area contributed by atoms with Crippen LogP contribution in [0.25, 0.3) is 21.9 Å². The van der Waals surface area contributed by atoms with E-state index in [9.17, 15) is 20.1 Å². The summed E-state index contributed by atoms with van der Waals surface area (Å²) >= 11 is 0. The number of carboxylic acids is 1. The van der Waals surface area contributed by atoms with Gasteiger partial charge in [-0.3, -0.25) is 0 Å². The minimum Gasteiger partial charge on any atom is -0.507 e. The zero-order chi connectivity index (χ0) is 20.7. The summed E-state index contributed by atoms with van der Waals surface area (Å²) in [6.45, 7) is -0.489. The topological polar surface area (TPSA) is 115 Å². The molecule has 0 fully saturated rings. The fourth-order valence-electron chi connectivity index (χ4n) is 3.57. The average Bonchev–Trinajstić information content (AvgIpc) is 3.17. The Morgan fingerprint density at radius 3 is 2.31 bits per heavy atom. The van der Waals surface area contributed by atoms with Crippen LogP contribution < -0.4 is 18.9 Å². The van der Waals surface area contributed by atoms with Crippen molar-refractivity contribution in [1.82, 2.24) is 0 Å². The molecule has 1 heterocycles. The zero-order valence-electron chi connectivity index (χ0n) is 15.7. The molecule has 3 N–H and O–H groups in total. The Bertz CT molecular complexity index is 1140. The van der Waals surface area contributed by atoms with E-state index in [2.05, 4.69) is 0 Å². The summed E-state index contributed by atoms with van der Waals surface area (Å²) in [5, 5.41) is 31.5. The van der Waals surface area contributed by atoms with Crippen LogP contribution >= 0.6 is 0 Å². The van der Waals surface area contributed by atoms with Crippen LogP contribution in [-0.4, -0.2) is 42.3 Å². The SMILES string of the molecule is COc1cc2cc(CO)c(C(=O)O)c(-c3cc4c(cc3O)OCO4)c2cc1OC. The molecule has 1 aliphatic heterocycles. The first-order chi connectivity index (χ1) is 14.0. The van der Waals surface area contributed by atoms with Gasteiger partial charge in [-0.05, 0) is 40.6 Å². The lowest BCUT2D eigenvalue weighted by atomic mass is 9.88. The van der Waals surface area contributed by atoms with Gasteiger partial charge in [0, 0.05) is 17.2 Å². The smallest absolute Gasteiger partial charge is 0.336 e. The molecule has 0 radical (unpaired) electrons. The fourth-order valence-corrected chi connectivity index (χ4v) is 3.57. The number of rotatable bonds is 5. The molecule has 8 heteroatoms. The predicted molar refractivity (Wildman–Crippen MR) is 103 cm³/mol. The van der Waals surface area contributed by atoms with E-state index in [4.69, 9.17) is 18.9 Å². The Morgan fingerprint density at radius 1 is 1.03 bits per heavy atom. The normalized spacial score (nSPS) is 12.2. The number of carboxylic acid groups (broad SMARTS) is 1. The number of methoxy groups -OCH3 is 2. The molecule has 3 aromatic rings. The minimum absolute atomic E-state index is 0.00641. The van der Waals surface area contributed by atoms with Crippen molar-refractivity contribution in [2.45, 2.75) is 6.61 Å². The highest BCUT2D eigenvalue weighted by Crippen LogP contribution is 2.47. The summed E-state index contributed by atoms with van der Waals surface area (Å²) in [7, 11) is 2.97. The highest BCUT2D eigenvalue weighted by atomic mass is 16.7. The second-order valence-corrected chi connectivity index (χ2v) is 6.40. The number of aromatic carboxylic acids is 1. The predicted octanol–water partition coefficient (Wildman–Crippen LogP) is 3.15. The molecule has 4 rings (SSSR count). The maximum atomic E-state index is 12.1.